The number of anilines is 2. The van der Waals surface area contributed by atoms with Gasteiger partial charge in [-0.1, -0.05) is 0 Å². The number of hydrogen-bond acceptors (Lipinski definition) is 3. The third-order valence-corrected chi connectivity index (χ3v) is 3.05. The van der Waals surface area contributed by atoms with Crippen LogP contribution in [0.25, 0.3) is 0 Å². The minimum absolute atomic E-state index is 0.602. The Labute approximate surface area is 103 Å². The topological polar surface area (TPSA) is 34.0 Å². The van der Waals surface area contributed by atoms with Gasteiger partial charge in [0, 0.05) is 24.8 Å². The molecule has 0 fully saturated rings. The SMILES string of the molecule is Fc1ccc(N2CCCCn3ncnc32)cc1F. The van der Waals surface area contributed by atoms with E-state index in [2.05, 4.69) is 10.1 Å². The third kappa shape index (κ3) is 1.83. The second kappa shape index (κ2) is 4.36. The van der Waals surface area contributed by atoms with Crippen LogP contribution in [-0.2, 0) is 6.54 Å². The minimum atomic E-state index is -0.845. The monoisotopic (exact) mass is 250 g/mol. The Hall–Kier alpha value is -1.98. The first kappa shape index (κ1) is 11.1. The molecule has 0 atom stereocenters. The average molecular weight is 250 g/mol. The Morgan fingerprint density at radius 3 is 2.72 bits per heavy atom. The summed E-state index contributed by atoms with van der Waals surface area (Å²) in [5, 5.41) is 4.13. The molecule has 0 saturated heterocycles. The van der Waals surface area contributed by atoms with Crippen LogP contribution in [0.3, 0.4) is 0 Å². The number of rotatable bonds is 1. The number of benzene rings is 1. The highest BCUT2D eigenvalue weighted by Crippen LogP contribution is 2.27. The van der Waals surface area contributed by atoms with Crippen LogP contribution in [0.15, 0.2) is 24.5 Å². The van der Waals surface area contributed by atoms with Gasteiger partial charge in [0.05, 0.1) is 0 Å². The summed E-state index contributed by atoms with van der Waals surface area (Å²) in [5.41, 5.74) is 0.602. The van der Waals surface area contributed by atoms with Crippen molar-refractivity contribution in [3.63, 3.8) is 0 Å². The first-order valence-corrected chi connectivity index (χ1v) is 5.86. The molecule has 2 aromatic rings. The molecule has 1 aromatic carbocycles. The van der Waals surface area contributed by atoms with Crippen molar-refractivity contribution in [3.05, 3.63) is 36.2 Å². The van der Waals surface area contributed by atoms with Gasteiger partial charge in [0.2, 0.25) is 5.95 Å². The lowest BCUT2D eigenvalue weighted by molar-refractivity contribution is 0.508. The van der Waals surface area contributed by atoms with Crippen molar-refractivity contribution in [1.29, 1.82) is 0 Å². The Morgan fingerprint density at radius 1 is 1.06 bits per heavy atom. The molecule has 0 bridgehead atoms. The van der Waals surface area contributed by atoms with Crippen LogP contribution in [0.5, 0.6) is 0 Å². The molecule has 1 aliphatic heterocycles. The summed E-state index contributed by atoms with van der Waals surface area (Å²) >= 11 is 0. The van der Waals surface area contributed by atoms with Crippen LogP contribution >= 0.6 is 0 Å². The second-order valence-electron chi connectivity index (χ2n) is 4.24. The summed E-state index contributed by atoms with van der Waals surface area (Å²) in [6.45, 7) is 1.53. The molecule has 18 heavy (non-hydrogen) atoms. The van der Waals surface area contributed by atoms with Crippen LogP contribution in [0.4, 0.5) is 20.4 Å². The molecule has 1 aromatic heterocycles. The van der Waals surface area contributed by atoms with Crippen LogP contribution < -0.4 is 4.90 Å². The zero-order valence-electron chi connectivity index (χ0n) is 9.68. The summed E-state index contributed by atoms with van der Waals surface area (Å²) in [6.07, 6.45) is 3.44. The molecule has 0 aliphatic carbocycles. The van der Waals surface area contributed by atoms with Crippen molar-refractivity contribution in [2.24, 2.45) is 0 Å². The quantitative estimate of drug-likeness (QED) is 0.779. The molecule has 0 radical (unpaired) electrons. The first-order chi connectivity index (χ1) is 8.75. The lowest BCUT2D eigenvalue weighted by Crippen LogP contribution is -2.20. The Bertz CT molecular complexity index is 567. The minimum Gasteiger partial charge on any atom is -0.311 e. The molecule has 4 nitrogen and oxygen atoms in total. The van der Waals surface area contributed by atoms with Crippen molar-refractivity contribution in [2.75, 3.05) is 11.4 Å². The summed E-state index contributed by atoms with van der Waals surface area (Å²) in [6, 6.07) is 3.89. The van der Waals surface area contributed by atoms with E-state index in [4.69, 9.17) is 0 Å². The molecule has 1 aliphatic rings. The molecule has 0 saturated carbocycles. The summed E-state index contributed by atoms with van der Waals surface area (Å²) in [5.74, 6) is -1.00. The lowest BCUT2D eigenvalue weighted by Gasteiger charge is -2.21. The molecule has 94 valence electrons. The van der Waals surface area contributed by atoms with Gasteiger partial charge in [-0.15, -0.1) is 0 Å². The maximum absolute atomic E-state index is 13.3. The number of nitrogens with zero attached hydrogens (tertiary/aromatic N) is 4. The van der Waals surface area contributed by atoms with E-state index in [9.17, 15) is 8.78 Å². The highest BCUT2D eigenvalue weighted by Gasteiger charge is 2.19. The summed E-state index contributed by atoms with van der Waals surface area (Å²) in [4.78, 5) is 6.05. The predicted molar refractivity (Wildman–Crippen MR) is 62.6 cm³/mol. The van der Waals surface area contributed by atoms with Gasteiger partial charge in [0.15, 0.2) is 11.6 Å². The van der Waals surface area contributed by atoms with Crippen molar-refractivity contribution in [3.8, 4) is 0 Å². The number of aryl methyl sites for hydroxylation is 1. The molecule has 0 spiro atoms. The Morgan fingerprint density at radius 2 is 1.89 bits per heavy atom. The van der Waals surface area contributed by atoms with E-state index >= 15 is 0 Å². The smallest absolute Gasteiger partial charge is 0.228 e. The number of fused-ring (bicyclic) bond motifs is 1. The maximum atomic E-state index is 13.3. The molecule has 0 unspecified atom stereocenters. The summed E-state index contributed by atoms with van der Waals surface area (Å²) in [7, 11) is 0. The van der Waals surface area contributed by atoms with Crippen LogP contribution in [0.2, 0.25) is 0 Å². The second-order valence-corrected chi connectivity index (χ2v) is 4.24. The molecule has 2 heterocycles. The van der Waals surface area contributed by atoms with E-state index in [0.29, 0.717) is 11.6 Å². The maximum Gasteiger partial charge on any atom is 0.228 e. The molecular weight excluding hydrogens is 238 g/mol. The largest absolute Gasteiger partial charge is 0.311 e. The average Bonchev–Trinajstić information content (AvgIpc) is 2.73. The number of aromatic nitrogens is 3. The fourth-order valence-electron chi connectivity index (χ4n) is 2.15. The molecule has 6 heteroatoms. The van der Waals surface area contributed by atoms with Crippen LogP contribution in [0.1, 0.15) is 12.8 Å². The van der Waals surface area contributed by atoms with Crippen LogP contribution in [-0.4, -0.2) is 21.3 Å². The Balaban J connectivity index is 2.03. The van der Waals surface area contributed by atoms with Crippen molar-refractivity contribution in [1.82, 2.24) is 14.8 Å². The van der Waals surface area contributed by atoms with Crippen molar-refractivity contribution in [2.45, 2.75) is 19.4 Å². The van der Waals surface area contributed by atoms with E-state index in [0.717, 1.165) is 32.0 Å². The van der Waals surface area contributed by atoms with E-state index in [1.165, 1.54) is 12.4 Å². The zero-order valence-corrected chi connectivity index (χ0v) is 9.68. The van der Waals surface area contributed by atoms with Gasteiger partial charge in [-0.2, -0.15) is 10.1 Å². The van der Waals surface area contributed by atoms with Gasteiger partial charge < -0.3 is 4.90 Å². The van der Waals surface area contributed by atoms with E-state index in [1.54, 1.807) is 10.7 Å². The number of hydrogen-bond donors (Lipinski definition) is 0. The van der Waals surface area contributed by atoms with Gasteiger partial charge in [-0.25, -0.2) is 13.5 Å². The van der Waals surface area contributed by atoms with Gasteiger partial charge in [0.25, 0.3) is 0 Å². The van der Waals surface area contributed by atoms with Gasteiger partial charge >= 0.3 is 0 Å². The van der Waals surface area contributed by atoms with Crippen molar-refractivity contribution >= 4 is 11.6 Å². The van der Waals surface area contributed by atoms with E-state index in [1.807, 2.05) is 4.90 Å². The highest BCUT2D eigenvalue weighted by atomic mass is 19.2. The standard InChI is InChI=1S/C12H12F2N4/c13-10-4-3-9(7-11(10)14)17-5-1-2-6-18-12(17)15-8-16-18/h3-4,7-8H,1-2,5-6H2. The fraction of sp³-hybridized carbons (Fsp3) is 0.333. The third-order valence-electron chi connectivity index (χ3n) is 3.05. The fourth-order valence-corrected chi connectivity index (χ4v) is 2.15. The number of halogens is 2. The molecular formula is C12H12F2N4. The van der Waals surface area contributed by atoms with Gasteiger partial charge in [-0.3, -0.25) is 0 Å². The Kier molecular flexibility index (Phi) is 2.70. The van der Waals surface area contributed by atoms with Crippen LogP contribution in [0, 0.1) is 11.6 Å². The highest BCUT2D eigenvalue weighted by molar-refractivity contribution is 5.57. The van der Waals surface area contributed by atoms with E-state index < -0.39 is 11.6 Å². The van der Waals surface area contributed by atoms with Gasteiger partial charge in [-0.05, 0) is 25.0 Å². The summed E-state index contributed by atoms with van der Waals surface area (Å²) < 4.78 is 28.0. The van der Waals surface area contributed by atoms with E-state index in [-0.39, 0.29) is 0 Å². The van der Waals surface area contributed by atoms with Crippen molar-refractivity contribution < 1.29 is 8.78 Å². The normalized spacial score (nSPS) is 15.3. The van der Waals surface area contributed by atoms with Gasteiger partial charge in [0.1, 0.15) is 6.33 Å². The predicted octanol–water partition coefficient (Wildman–Crippen LogP) is 2.49. The molecule has 3 rings (SSSR count). The zero-order chi connectivity index (χ0) is 12.5. The first-order valence-electron chi connectivity index (χ1n) is 5.86. The molecule has 0 N–H and O–H groups in total. The lowest BCUT2D eigenvalue weighted by atomic mass is 10.2. The molecule has 0 amide bonds.